The smallest absolute Gasteiger partial charge is 0.180 e. The van der Waals surface area contributed by atoms with Gasteiger partial charge >= 0.3 is 0 Å². The molecule has 0 aliphatic rings. The molecule has 0 amide bonds. The molecule has 0 aliphatic carbocycles. The fourth-order valence-electron chi connectivity index (χ4n) is 2.68. The largest absolute Gasteiger partial charge is 0.490 e. The molecule has 3 nitrogen and oxygen atoms in total. The standard InChI is InChI=1S/C22H20Cl2FNO2/c1-2-27-21-12-16(13-26-19-8-6-18(25)7-9-19)11-20(24)22(21)28-14-15-4-3-5-17(23)10-15/h3-12,26H,2,13-14H2,1H3. The second kappa shape index (κ2) is 9.67. The lowest BCUT2D eigenvalue weighted by molar-refractivity contribution is 0.269. The number of hydrogen-bond donors (Lipinski definition) is 1. The Morgan fingerprint density at radius 2 is 1.71 bits per heavy atom. The molecule has 1 N–H and O–H groups in total. The van der Waals surface area contributed by atoms with Gasteiger partial charge in [-0.1, -0.05) is 35.3 Å². The summed E-state index contributed by atoms with van der Waals surface area (Å²) in [7, 11) is 0. The normalized spacial score (nSPS) is 10.6. The van der Waals surface area contributed by atoms with Gasteiger partial charge in [0.25, 0.3) is 0 Å². The Bertz CT molecular complexity index is 932. The number of anilines is 1. The summed E-state index contributed by atoms with van der Waals surface area (Å²) in [5, 5.41) is 4.35. The third-order valence-corrected chi connectivity index (χ3v) is 4.50. The molecule has 0 bridgehead atoms. The van der Waals surface area contributed by atoms with E-state index in [1.807, 2.05) is 43.3 Å². The summed E-state index contributed by atoms with van der Waals surface area (Å²) in [6.07, 6.45) is 0. The van der Waals surface area contributed by atoms with Crippen LogP contribution in [0.2, 0.25) is 10.0 Å². The molecule has 3 aromatic carbocycles. The zero-order valence-electron chi connectivity index (χ0n) is 15.3. The summed E-state index contributed by atoms with van der Waals surface area (Å²) >= 11 is 12.5. The number of rotatable bonds is 8. The van der Waals surface area contributed by atoms with E-state index in [9.17, 15) is 4.39 Å². The second-order valence-corrected chi connectivity index (χ2v) is 6.96. The Morgan fingerprint density at radius 1 is 0.929 bits per heavy atom. The average Bonchev–Trinajstić information content (AvgIpc) is 2.67. The Kier molecular flexibility index (Phi) is 7.01. The molecular weight excluding hydrogens is 400 g/mol. The highest BCUT2D eigenvalue weighted by Gasteiger charge is 2.13. The van der Waals surface area contributed by atoms with Crippen LogP contribution in [-0.2, 0) is 13.2 Å². The van der Waals surface area contributed by atoms with E-state index in [0.29, 0.717) is 41.3 Å². The molecule has 0 spiro atoms. The first-order valence-electron chi connectivity index (χ1n) is 8.87. The van der Waals surface area contributed by atoms with E-state index in [2.05, 4.69) is 5.32 Å². The number of benzene rings is 3. The van der Waals surface area contributed by atoms with Crippen LogP contribution in [0.3, 0.4) is 0 Å². The fraction of sp³-hybridized carbons (Fsp3) is 0.182. The summed E-state index contributed by atoms with van der Waals surface area (Å²) in [5.41, 5.74) is 2.68. The number of halogens is 3. The van der Waals surface area contributed by atoms with Gasteiger partial charge < -0.3 is 14.8 Å². The van der Waals surface area contributed by atoms with Crippen LogP contribution in [0.15, 0.2) is 60.7 Å². The zero-order chi connectivity index (χ0) is 19.9. The topological polar surface area (TPSA) is 30.5 Å². The van der Waals surface area contributed by atoms with Crippen LogP contribution >= 0.6 is 23.2 Å². The predicted octanol–water partition coefficient (Wildman–Crippen LogP) is 6.72. The van der Waals surface area contributed by atoms with Gasteiger partial charge in [0.15, 0.2) is 11.5 Å². The lowest BCUT2D eigenvalue weighted by Gasteiger charge is -2.16. The average molecular weight is 420 g/mol. The van der Waals surface area contributed by atoms with Crippen LogP contribution in [0.1, 0.15) is 18.1 Å². The highest BCUT2D eigenvalue weighted by Crippen LogP contribution is 2.37. The molecule has 0 saturated heterocycles. The summed E-state index contributed by atoms with van der Waals surface area (Å²) in [5.74, 6) is 0.801. The molecule has 0 radical (unpaired) electrons. The van der Waals surface area contributed by atoms with Crippen LogP contribution in [0, 0.1) is 5.82 Å². The van der Waals surface area contributed by atoms with Gasteiger partial charge in [0, 0.05) is 17.3 Å². The minimum atomic E-state index is -0.270. The number of hydrogen-bond acceptors (Lipinski definition) is 3. The van der Waals surface area contributed by atoms with Gasteiger partial charge in [-0.15, -0.1) is 0 Å². The van der Waals surface area contributed by atoms with Crippen molar-refractivity contribution in [2.24, 2.45) is 0 Å². The highest BCUT2D eigenvalue weighted by atomic mass is 35.5. The van der Waals surface area contributed by atoms with Crippen molar-refractivity contribution in [1.29, 1.82) is 0 Å². The molecule has 6 heteroatoms. The monoisotopic (exact) mass is 419 g/mol. The summed E-state index contributed by atoms with van der Waals surface area (Å²) in [6, 6.07) is 17.4. The fourth-order valence-corrected chi connectivity index (χ4v) is 3.18. The SMILES string of the molecule is CCOc1cc(CNc2ccc(F)cc2)cc(Cl)c1OCc1cccc(Cl)c1. The van der Waals surface area contributed by atoms with Crippen molar-refractivity contribution < 1.29 is 13.9 Å². The quantitative estimate of drug-likeness (QED) is 0.439. The van der Waals surface area contributed by atoms with E-state index in [0.717, 1.165) is 16.8 Å². The molecule has 146 valence electrons. The summed E-state index contributed by atoms with van der Waals surface area (Å²) < 4.78 is 24.7. The molecule has 0 atom stereocenters. The van der Waals surface area contributed by atoms with E-state index in [1.54, 1.807) is 12.1 Å². The summed E-state index contributed by atoms with van der Waals surface area (Å²) in [4.78, 5) is 0. The zero-order valence-corrected chi connectivity index (χ0v) is 16.9. The minimum absolute atomic E-state index is 0.270. The lowest BCUT2D eigenvalue weighted by Crippen LogP contribution is -2.04. The Balaban J connectivity index is 1.74. The van der Waals surface area contributed by atoms with Gasteiger partial charge in [-0.3, -0.25) is 0 Å². The van der Waals surface area contributed by atoms with Gasteiger partial charge in [0.2, 0.25) is 0 Å². The van der Waals surface area contributed by atoms with Crippen molar-refractivity contribution in [1.82, 2.24) is 0 Å². The van der Waals surface area contributed by atoms with Crippen molar-refractivity contribution in [3.8, 4) is 11.5 Å². The van der Waals surface area contributed by atoms with E-state index in [4.69, 9.17) is 32.7 Å². The maximum absolute atomic E-state index is 13.0. The van der Waals surface area contributed by atoms with E-state index in [1.165, 1.54) is 12.1 Å². The Labute approximate surface area is 174 Å². The molecule has 0 fully saturated rings. The lowest BCUT2D eigenvalue weighted by atomic mass is 10.2. The first-order chi connectivity index (χ1) is 13.5. The molecule has 3 rings (SSSR count). The van der Waals surface area contributed by atoms with Gasteiger partial charge in [-0.25, -0.2) is 4.39 Å². The minimum Gasteiger partial charge on any atom is -0.490 e. The summed E-state index contributed by atoms with van der Waals surface area (Å²) in [6.45, 7) is 3.23. The van der Waals surface area contributed by atoms with Crippen molar-refractivity contribution in [2.45, 2.75) is 20.1 Å². The van der Waals surface area contributed by atoms with E-state index in [-0.39, 0.29) is 5.82 Å². The highest BCUT2D eigenvalue weighted by molar-refractivity contribution is 6.32. The van der Waals surface area contributed by atoms with E-state index < -0.39 is 0 Å². The molecule has 0 aliphatic heterocycles. The van der Waals surface area contributed by atoms with Gasteiger partial charge in [0.05, 0.1) is 11.6 Å². The number of ether oxygens (including phenoxy) is 2. The van der Waals surface area contributed by atoms with Crippen molar-refractivity contribution in [3.63, 3.8) is 0 Å². The molecule has 0 heterocycles. The molecule has 0 aromatic heterocycles. The third-order valence-electron chi connectivity index (χ3n) is 3.98. The molecule has 0 saturated carbocycles. The number of nitrogens with one attached hydrogen (secondary N) is 1. The van der Waals surface area contributed by atoms with Crippen LogP contribution in [0.5, 0.6) is 11.5 Å². The van der Waals surface area contributed by atoms with Crippen molar-refractivity contribution >= 4 is 28.9 Å². The van der Waals surface area contributed by atoms with Gasteiger partial charge in [-0.2, -0.15) is 0 Å². The Morgan fingerprint density at radius 3 is 2.43 bits per heavy atom. The van der Waals surface area contributed by atoms with E-state index >= 15 is 0 Å². The van der Waals surface area contributed by atoms with Crippen molar-refractivity contribution in [2.75, 3.05) is 11.9 Å². The maximum Gasteiger partial charge on any atom is 0.180 e. The Hall–Kier alpha value is -2.43. The molecule has 3 aromatic rings. The second-order valence-electron chi connectivity index (χ2n) is 6.12. The van der Waals surface area contributed by atoms with Gasteiger partial charge in [-0.05, 0) is 66.6 Å². The van der Waals surface area contributed by atoms with Crippen molar-refractivity contribution in [3.05, 3.63) is 87.7 Å². The van der Waals surface area contributed by atoms with Crippen LogP contribution in [0.4, 0.5) is 10.1 Å². The molecule has 28 heavy (non-hydrogen) atoms. The van der Waals surface area contributed by atoms with Gasteiger partial charge in [0.1, 0.15) is 12.4 Å². The third kappa shape index (κ3) is 5.54. The first kappa shape index (κ1) is 20.3. The molecule has 0 unspecified atom stereocenters. The van der Waals surface area contributed by atoms with Crippen LogP contribution in [0.25, 0.3) is 0 Å². The maximum atomic E-state index is 13.0. The molecular formula is C22H20Cl2FNO2. The van der Waals surface area contributed by atoms with Crippen LogP contribution < -0.4 is 14.8 Å². The van der Waals surface area contributed by atoms with Crippen LogP contribution in [-0.4, -0.2) is 6.61 Å². The first-order valence-corrected chi connectivity index (χ1v) is 9.62. The predicted molar refractivity (Wildman–Crippen MR) is 112 cm³/mol.